The number of nitrogens with one attached hydrogen (secondary N) is 4. The highest BCUT2D eigenvalue weighted by molar-refractivity contribution is 5.84. The largest absolute Gasteiger partial charge is 0.387 e. The molecule has 0 bridgehead atoms. The fourth-order valence-electron chi connectivity index (χ4n) is 2.14. The molecule has 8 N–H and O–H groups in total. The molecule has 0 aliphatic carbocycles. The van der Waals surface area contributed by atoms with Crippen LogP contribution in [0.2, 0.25) is 0 Å². The summed E-state index contributed by atoms with van der Waals surface area (Å²) in [5.74, 6) is -2.13. The van der Waals surface area contributed by atoms with Gasteiger partial charge in [0.1, 0.15) is 12.2 Å². The highest BCUT2D eigenvalue weighted by Crippen LogP contribution is 2.08. The molecule has 2 amide bonds. The summed E-state index contributed by atoms with van der Waals surface area (Å²) in [7, 11) is 0. The van der Waals surface area contributed by atoms with Gasteiger partial charge in [-0.3, -0.25) is 31.3 Å². The standard InChI is InChI=1S/C18H22N4O6/c23-13(15(25)17(27)21-19-11-7-3-1-4-8-11)14(24)16(26)18(28)22-20-12-9-5-2-6-10-12/h1-10,13-16,19-20,23-26H,(H,21,27)(H,22,28)/t13-,14+,15-,16-/m0/s1. The number of hydrazine groups is 2. The maximum absolute atomic E-state index is 11.9. The predicted molar refractivity (Wildman–Crippen MR) is 100 cm³/mol. The van der Waals surface area contributed by atoms with Gasteiger partial charge in [0.05, 0.1) is 11.4 Å². The molecule has 0 spiro atoms. The minimum atomic E-state index is -2.12. The Morgan fingerprint density at radius 1 is 0.607 bits per heavy atom. The molecular weight excluding hydrogens is 368 g/mol. The van der Waals surface area contributed by atoms with Crippen LogP contribution in [0.1, 0.15) is 0 Å². The van der Waals surface area contributed by atoms with Crippen LogP contribution in [0.4, 0.5) is 11.4 Å². The minimum absolute atomic E-state index is 0.518. The maximum atomic E-state index is 11.9. The Morgan fingerprint density at radius 3 is 1.25 bits per heavy atom. The first-order chi connectivity index (χ1) is 13.4. The summed E-state index contributed by atoms with van der Waals surface area (Å²) >= 11 is 0. The number of benzene rings is 2. The van der Waals surface area contributed by atoms with E-state index in [0.29, 0.717) is 11.4 Å². The van der Waals surface area contributed by atoms with E-state index in [-0.39, 0.29) is 0 Å². The third-order valence-corrected chi connectivity index (χ3v) is 3.74. The average molecular weight is 390 g/mol. The van der Waals surface area contributed by atoms with E-state index in [1.165, 1.54) is 0 Å². The highest BCUT2D eigenvalue weighted by atomic mass is 16.4. The molecule has 2 aromatic rings. The molecule has 0 fully saturated rings. The molecular formula is C18H22N4O6. The first-order valence-electron chi connectivity index (χ1n) is 8.34. The third kappa shape index (κ3) is 5.93. The summed E-state index contributed by atoms with van der Waals surface area (Å²) in [5.41, 5.74) is 10.3. The Balaban J connectivity index is 1.83. The van der Waals surface area contributed by atoms with Gasteiger partial charge in [0, 0.05) is 0 Å². The van der Waals surface area contributed by atoms with Crippen molar-refractivity contribution in [1.29, 1.82) is 0 Å². The lowest BCUT2D eigenvalue weighted by molar-refractivity contribution is -0.154. The molecule has 0 radical (unpaired) electrons. The van der Waals surface area contributed by atoms with Crippen molar-refractivity contribution in [3.63, 3.8) is 0 Å². The third-order valence-electron chi connectivity index (χ3n) is 3.74. The van der Waals surface area contributed by atoms with Crippen LogP contribution in [0, 0.1) is 0 Å². The Hall–Kier alpha value is -3.18. The van der Waals surface area contributed by atoms with Crippen LogP contribution in [-0.4, -0.2) is 56.7 Å². The zero-order chi connectivity index (χ0) is 20.5. The number of para-hydroxylation sites is 2. The smallest absolute Gasteiger partial charge is 0.269 e. The van der Waals surface area contributed by atoms with Gasteiger partial charge in [0.25, 0.3) is 11.8 Å². The quantitative estimate of drug-likeness (QED) is 0.245. The van der Waals surface area contributed by atoms with Gasteiger partial charge in [-0.25, -0.2) is 0 Å². The van der Waals surface area contributed by atoms with Crippen molar-refractivity contribution in [2.45, 2.75) is 24.4 Å². The van der Waals surface area contributed by atoms with E-state index in [4.69, 9.17) is 0 Å². The zero-order valence-corrected chi connectivity index (χ0v) is 14.7. The number of carbonyl (C=O) groups is 2. The molecule has 10 nitrogen and oxygen atoms in total. The van der Waals surface area contributed by atoms with Crippen LogP contribution < -0.4 is 21.7 Å². The van der Waals surface area contributed by atoms with E-state index in [2.05, 4.69) is 21.7 Å². The topological polar surface area (TPSA) is 163 Å². The zero-order valence-electron chi connectivity index (χ0n) is 14.7. The number of amides is 2. The first-order valence-corrected chi connectivity index (χ1v) is 8.34. The highest BCUT2D eigenvalue weighted by Gasteiger charge is 2.37. The van der Waals surface area contributed by atoms with Gasteiger partial charge in [0.15, 0.2) is 12.2 Å². The van der Waals surface area contributed by atoms with Crippen molar-refractivity contribution in [3.05, 3.63) is 60.7 Å². The van der Waals surface area contributed by atoms with Crippen LogP contribution in [0.15, 0.2) is 60.7 Å². The normalized spacial score (nSPS) is 14.9. The molecule has 150 valence electrons. The van der Waals surface area contributed by atoms with Crippen molar-refractivity contribution in [3.8, 4) is 0 Å². The summed E-state index contributed by atoms with van der Waals surface area (Å²) in [6, 6.07) is 16.9. The van der Waals surface area contributed by atoms with E-state index in [1.54, 1.807) is 60.7 Å². The van der Waals surface area contributed by atoms with Gasteiger partial charge in [-0.1, -0.05) is 36.4 Å². The van der Waals surface area contributed by atoms with E-state index in [1.807, 2.05) is 0 Å². The number of hydrogen-bond donors (Lipinski definition) is 8. The Bertz CT molecular complexity index is 696. The van der Waals surface area contributed by atoms with Crippen molar-refractivity contribution < 1.29 is 30.0 Å². The van der Waals surface area contributed by atoms with E-state index in [0.717, 1.165) is 0 Å². The Kier molecular flexibility index (Phi) is 7.72. The van der Waals surface area contributed by atoms with Gasteiger partial charge < -0.3 is 20.4 Å². The second kappa shape index (κ2) is 10.2. The van der Waals surface area contributed by atoms with E-state index >= 15 is 0 Å². The Morgan fingerprint density at radius 2 is 0.929 bits per heavy atom. The molecule has 0 aromatic heterocycles. The fraction of sp³-hybridized carbons (Fsp3) is 0.222. The monoisotopic (exact) mass is 390 g/mol. The van der Waals surface area contributed by atoms with Crippen molar-refractivity contribution in [2.75, 3.05) is 10.9 Å². The SMILES string of the molecule is O=C(NNc1ccccc1)[C@@H](O)[C@H](O)[C@H](O)[C@H](O)C(=O)NNc1ccccc1. The summed E-state index contributed by atoms with van der Waals surface area (Å²) in [5, 5.41) is 39.5. The van der Waals surface area contributed by atoms with Gasteiger partial charge >= 0.3 is 0 Å². The van der Waals surface area contributed by atoms with Gasteiger partial charge in [-0.2, -0.15) is 0 Å². The second-order valence-electron chi connectivity index (χ2n) is 5.83. The minimum Gasteiger partial charge on any atom is -0.387 e. The van der Waals surface area contributed by atoms with Crippen molar-refractivity contribution >= 4 is 23.2 Å². The lowest BCUT2D eigenvalue weighted by atomic mass is 10.0. The molecule has 0 saturated carbocycles. The van der Waals surface area contributed by atoms with Crippen LogP contribution >= 0.6 is 0 Å². The van der Waals surface area contributed by atoms with Gasteiger partial charge in [-0.15, -0.1) is 0 Å². The molecule has 0 heterocycles. The number of hydrogen-bond acceptors (Lipinski definition) is 8. The lowest BCUT2D eigenvalue weighted by Crippen LogP contribution is -2.55. The van der Waals surface area contributed by atoms with Gasteiger partial charge in [0.2, 0.25) is 0 Å². The molecule has 0 saturated heterocycles. The molecule has 0 unspecified atom stereocenters. The molecule has 4 atom stereocenters. The average Bonchev–Trinajstić information content (AvgIpc) is 2.75. The summed E-state index contributed by atoms with van der Waals surface area (Å²) < 4.78 is 0. The number of aliphatic hydroxyl groups excluding tert-OH is 4. The van der Waals surface area contributed by atoms with Crippen LogP contribution in [-0.2, 0) is 9.59 Å². The maximum Gasteiger partial charge on any atom is 0.269 e. The molecule has 2 rings (SSSR count). The van der Waals surface area contributed by atoms with Crippen LogP contribution in [0.5, 0.6) is 0 Å². The predicted octanol–water partition coefficient (Wildman–Crippen LogP) is -1.28. The first kappa shape index (κ1) is 21.1. The van der Waals surface area contributed by atoms with Gasteiger partial charge in [-0.05, 0) is 24.3 Å². The van der Waals surface area contributed by atoms with Crippen molar-refractivity contribution in [1.82, 2.24) is 10.9 Å². The molecule has 0 aliphatic heterocycles. The summed E-state index contributed by atoms with van der Waals surface area (Å²) in [6.07, 6.45) is -8.43. The summed E-state index contributed by atoms with van der Waals surface area (Å²) in [4.78, 5) is 23.8. The second-order valence-corrected chi connectivity index (χ2v) is 5.83. The number of carbonyl (C=O) groups excluding carboxylic acids is 2. The van der Waals surface area contributed by atoms with E-state index in [9.17, 15) is 30.0 Å². The molecule has 0 aliphatic rings. The number of aliphatic hydroxyl groups is 4. The molecule has 2 aromatic carbocycles. The lowest BCUT2D eigenvalue weighted by Gasteiger charge is -2.25. The Labute approximate surface area is 160 Å². The van der Waals surface area contributed by atoms with Crippen LogP contribution in [0.3, 0.4) is 0 Å². The molecule has 10 heteroatoms. The van der Waals surface area contributed by atoms with Crippen molar-refractivity contribution in [2.24, 2.45) is 0 Å². The number of anilines is 2. The number of rotatable bonds is 9. The van der Waals surface area contributed by atoms with Crippen LogP contribution in [0.25, 0.3) is 0 Å². The summed E-state index contributed by atoms with van der Waals surface area (Å²) in [6.45, 7) is 0. The fourth-order valence-corrected chi connectivity index (χ4v) is 2.14. The van der Waals surface area contributed by atoms with E-state index < -0.39 is 36.2 Å². The molecule has 28 heavy (non-hydrogen) atoms.